The summed E-state index contributed by atoms with van der Waals surface area (Å²) in [6.45, 7) is 0. The Kier molecular flexibility index (Phi) is 2.18. The molecule has 0 amide bonds. The van der Waals surface area contributed by atoms with Crippen LogP contribution in [0, 0.1) is 0 Å². The summed E-state index contributed by atoms with van der Waals surface area (Å²) in [4.78, 5) is 16.7. The minimum Gasteiger partial charge on any atom is -0.358 e. The molecule has 0 fully saturated rings. The van der Waals surface area contributed by atoms with Crippen molar-refractivity contribution >= 4 is 23.6 Å². The third kappa shape index (κ3) is 1.49. The molecule has 2 nitrogen and oxygen atoms in total. The normalized spacial score (nSPS) is 16.8. The van der Waals surface area contributed by atoms with E-state index in [1.807, 2.05) is 42.5 Å². The first kappa shape index (κ1) is 9.48. The molecule has 2 heterocycles. The number of carbonyl (C=O) groups is 1. The van der Waals surface area contributed by atoms with Crippen LogP contribution in [0.5, 0.6) is 0 Å². The summed E-state index contributed by atoms with van der Waals surface area (Å²) in [6, 6.07) is 11.8. The van der Waals surface area contributed by atoms with E-state index in [0.29, 0.717) is 5.69 Å². The number of thioether (sulfide) groups is 1. The molecule has 0 spiro atoms. The zero-order valence-electron chi connectivity index (χ0n) is 8.44. The molecular formula is C13H9NOS. The monoisotopic (exact) mass is 227 g/mol. The molecule has 78 valence electrons. The first-order valence-corrected chi connectivity index (χ1v) is 5.83. The lowest BCUT2D eigenvalue weighted by molar-refractivity contribution is 0.104. The maximum Gasteiger partial charge on any atom is 0.217 e. The van der Waals surface area contributed by atoms with E-state index in [1.165, 1.54) is 11.8 Å². The first-order chi connectivity index (χ1) is 7.84. The topological polar surface area (TPSA) is 32.9 Å². The predicted octanol–water partition coefficient (Wildman–Crippen LogP) is 3.34. The molecule has 0 unspecified atom stereocenters. The van der Waals surface area contributed by atoms with Crippen molar-refractivity contribution in [3.05, 3.63) is 58.8 Å². The van der Waals surface area contributed by atoms with E-state index in [9.17, 15) is 4.79 Å². The summed E-state index contributed by atoms with van der Waals surface area (Å²) < 4.78 is 0. The molecule has 1 aliphatic rings. The number of rotatable bonds is 1. The standard InChI is InChI=1S/C13H9NOS/c15-13-11(8-9-4-2-1-3-5-9)16-10-6-7-14-12(10)13/h1-8,14H. The minimum atomic E-state index is 0.0915. The fourth-order valence-corrected chi connectivity index (χ4v) is 2.72. The number of fused-ring (bicyclic) bond motifs is 1. The number of aromatic amines is 1. The van der Waals surface area contributed by atoms with Gasteiger partial charge < -0.3 is 4.98 Å². The highest BCUT2D eigenvalue weighted by Crippen LogP contribution is 2.39. The molecule has 0 saturated carbocycles. The number of carbonyl (C=O) groups excluding carboxylic acids is 1. The maximum atomic E-state index is 11.9. The van der Waals surface area contributed by atoms with E-state index in [1.54, 1.807) is 6.20 Å². The smallest absolute Gasteiger partial charge is 0.217 e. The van der Waals surface area contributed by atoms with Gasteiger partial charge in [0.25, 0.3) is 0 Å². The second kappa shape index (κ2) is 3.68. The van der Waals surface area contributed by atoms with Gasteiger partial charge in [0, 0.05) is 11.1 Å². The summed E-state index contributed by atoms with van der Waals surface area (Å²) in [7, 11) is 0. The third-order valence-electron chi connectivity index (χ3n) is 2.48. The lowest BCUT2D eigenvalue weighted by Gasteiger charge is -1.95. The number of H-pyrrole nitrogens is 1. The number of hydrogen-bond donors (Lipinski definition) is 1. The summed E-state index contributed by atoms with van der Waals surface area (Å²) in [6.07, 6.45) is 3.73. The molecule has 1 aliphatic heterocycles. The summed E-state index contributed by atoms with van der Waals surface area (Å²) >= 11 is 1.53. The van der Waals surface area contributed by atoms with Crippen molar-refractivity contribution in [2.45, 2.75) is 4.90 Å². The van der Waals surface area contributed by atoms with Gasteiger partial charge in [0.15, 0.2) is 0 Å². The van der Waals surface area contributed by atoms with Gasteiger partial charge in [-0.3, -0.25) is 4.79 Å². The Bertz CT molecular complexity index is 569. The molecule has 0 radical (unpaired) electrons. The summed E-state index contributed by atoms with van der Waals surface area (Å²) in [5, 5.41) is 0. The number of nitrogens with one attached hydrogen (secondary N) is 1. The van der Waals surface area contributed by atoms with Crippen molar-refractivity contribution in [1.82, 2.24) is 4.98 Å². The van der Waals surface area contributed by atoms with Crippen LogP contribution in [0.15, 0.2) is 52.4 Å². The third-order valence-corrected chi connectivity index (χ3v) is 3.56. The Balaban J connectivity index is 1.98. The number of benzene rings is 1. The van der Waals surface area contributed by atoms with Gasteiger partial charge in [0.1, 0.15) is 5.69 Å². The van der Waals surface area contributed by atoms with Crippen LogP contribution in [0.4, 0.5) is 0 Å². The van der Waals surface area contributed by atoms with Crippen LogP contribution in [0.3, 0.4) is 0 Å². The number of hydrogen-bond acceptors (Lipinski definition) is 2. The Morgan fingerprint density at radius 3 is 2.69 bits per heavy atom. The van der Waals surface area contributed by atoms with Crippen LogP contribution in [-0.2, 0) is 0 Å². The van der Waals surface area contributed by atoms with E-state index in [4.69, 9.17) is 0 Å². The predicted molar refractivity (Wildman–Crippen MR) is 65.4 cm³/mol. The van der Waals surface area contributed by atoms with Gasteiger partial charge in [-0.05, 0) is 17.7 Å². The molecular weight excluding hydrogens is 218 g/mol. The molecule has 3 heteroatoms. The zero-order chi connectivity index (χ0) is 11.0. The molecule has 0 bridgehead atoms. The van der Waals surface area contributed by atoms with Gasteiger partial charge in [-0.2, -0.15) is 0 Å². The molecule has 0 saturated heterocycles. The molecule has 1 N–H and O–H groups in total. The van der Waals surface area contributed by atoms with E-state index in [2.05, 4.69) is 4.98 Å². The molecule has 1 aromatic heterocycles. The fraction of sp³-hybridized carbons (Fsp3) is 0. The highest BCUT2D eigenvalue weighted by molar-refractivity contribution is 8.04. The van der Waals surface area contributed by atoms with Crippen molar-refractivity contribution in [1.29, 1.82) is 0 Å². The summed E-state index contributed by atoms with van der Waals surface area (Å²) in [5.41, 5.74) is 1.77. The number of allylic oxidation sites excluding steroid dienone is 1. The Morgan fingerprint density at radius 1 is 1.12 bits per heavy atom. The zero-order valence-corrected chi connectivity index (χ0v) is 9.25. The molecule has 0 aliphatic carbocycles. The van der Waals surface area contributed by atoms with Crippen molar-refractivity contribution in [3.8, 4) is 0 Å². The van der Waals surface area contributed by atoms with Crippen LogP contribution < -0.4 is 0 Å². The van der Waals surface area contributed by atoms with Gasteiger partial charge in [0.05, 0.1) is 4.91 Å². The van der Waals surface area contributed by atoms with Crippen molar-refractivity contribution in [3.63, 3.8) is 0 Å². The average Bonchev–Trinajstić information content (AvgIpc) is 2.86. The molecule has 1 aromatic carbocycles. The maximum absolute atomic E-state index is 11.9. The number of aromatic nitrogens is 1. The molecule has 3 rings (SSSR count). The van der Waals surface area contributed by atoms with Gasteiger partial charge >= 0.3 is 0 Å². The number of ketones is 1. The largest absolute Gasteiger partial charge is 0.358 e. The lowest BCUT2D eigenvalue weighted by Crippen LogP contribution is -1.94. The average molecular weight is 227 g/mol. The summed E-state index contributed by atoms with van der Waals surface area (Å²) in [5.74, 6) is 0.0915. The van der Waals surface area contributed by atoms with Crippen molar-refractivity contribution < 1.29 is 4.79 Å². The minimum absolute atomic E-state index is 0.0915. The Hall–Kier alpha value is -1.74. The van der Waals surface area contributed by atoms with E-state index in [0.717, 1.165) is 15.4 Å². The molecule has 2 aromatic rings. The quantitative estimate of drug-likeness (QED) is 0.758. The van der Waals surface area contributed by atoms with Crippen LogP contribution in [0.2, 0.25) is 0 Å². The Morgan fingerprint density at radius 2 is 1.94 bits per heavy atom. The molecule has 0 atom stereocenters. The second-order valence-electron chi connectivity index (χ2n) is 3.57. The van der Waals surface area contributed by atoms with E-state index >= 15 is 0 Å². The van der Waals surface area contributed by atoms with Crippen LogP contribution in [0.1, 0.15) is 16.1 Å². The number of Topliss-reactive ketones (excluding diaryl/α,β-unsaturated/α-hetero) is 1. The van der Waals surface area contributed by atoms with Gasteiger partial charge in [-0.25, -0.2) is 0 Å². The van der Waals surface area contributed by atoms with Gasteiger partial charge in [-0.15, -0.1) is 0 Å². The van der Waals surface area contributed by atoms with E-state index < -0.39 is 0 Å². The highest BCUT2D eigenvalue weighted by Gasteiger charge is 2.26. The van der Waals surface area contributed by atoms with Crippen LogP contribution >= 0.6 is 11.8 Å². The second-order valence-corrected chi connectivity index (χ2v) is 4.65. The molecule has 16 heavy (non-hydrogen) atoms. The Labute approximate surface area is 97.4 Å². The first-order valence-electron chi connectivity index (χ1n) is 5.01. The van der Waals surface area contributed by atoms with Crippen LogP contribution in [-0.4, -0.2) is 10.8 Å². The SMILES string of the molecule is O=C1C(=Cc2ccccc2)Sc2cc[nH]c21. The lowest BCUT2D eigenvalue weighted by atomic mass is 10.2. The van der Waals surface area contributed by atoms with Crippen molar-refractivity contribution in [2.75, 3.05) is 0 Å². The van der Waals surface area contributed by atoms with Gasteiger partial charge in [-0.1, -0.05) is 42.1 Å². The fourth-order valence-electron chi connectivity index (χ4n) is 1.70. The highest BCUT2D eigenvalue weighted by atomic mass is 32.2. The van der Waals surface area contributed by atoms with E-state index in [-0.39, 0.29) is 5.78 Å². The van der Waals surface area contributed by atoms with Crippen molar-refractivity contribution in [2.24, 2.45) is 0 Å². The van der Waals surface area contributed by atoms with Crippen LogP contribution in [0.25, 0.3) is 6.08 Å². The van der Waals surface area contributed by atoms with Gasteiger partial charge in [0.2, 0.25) is 5.78 Å².